The molecule has 0 bridgehead atoms. The largest absolute Gasteiger partial charge is 0.317 e. The van der Waals surface area contributed by atoms with Crippen molar-refractivity contribution in [2.45, 2.75) is 13.5 Å². The molecular weight excluding hydrogens is 330 g/mol. The average Bonchev–Trinajstić information content (AvgIpc) is 2.49. The number of hydrogen-bond acceptors (Lipinski definition) is 3. The monoisotopic (exact) mass is 343 g/mol. The number of fused-ring (bicyclic) bond motifs is 1. The van der Waals surface area contributed by atoms with E-state index < -0.39 is 0 Å². The number of para-hydroxylation sites is 1. The number of benzene rings is 2. The van der Waals surface area contributed by atoms with Crippen molar-refractivity contribution in [3.05, 3.63) is 74.7 Å². The molecule has 0 aliphatic heterocycles. The van der Waals surface area contributed by atoms with Gasteiger partial charge in [-0.25, -0.2) is 9.66 Å². The Labute approximate surface area is 130 Å². The van der Waals surface area contributed by atoms with E-state index in [0.29, 0.717) is 17.8 Å². The standard InChI is InChI=1S/C16H14BrN3O/c1-11-19-15-9-5-3-7-13(15)16(21)20(11)18-10-12-6-2-4-8-14(12)17/h2-9,18H,10H2,1H3. The molecule has 2 aromatic carbocycles. The van der Waals surface area contributed by atoms with Gasteiger partial charge in [-0.3, -0.25) is 4.79 Å². The molecule has 0 amide bonds. The minimum absolute atomic E-state index is 0.0786. The Bertz CT molecular complexity index is 858. The summed E-state index contributed by atoms with van der Waals surface area (Å²) < 4.78 is 2.51. The fourth-order valence-corrected chi connectivity index (χ4v) is 2.66. The third-order valence-corrected chi connectivity index (χ3v) is 4.10. The first-order chi connectivity index (χ1) is 10.2. The van der Waals surface area contributed by atoms with Crippen LogP contribution in [0.2, 0.25) is 0 Å². The van der Waals surface area contributed by atoms with Gasteiger partial charge in [0.25, 0.3) is 5.56 Å². The maximum atomic E-state index is 12.5. The zero-order valence-corrected chi connectivity index (χ0v) is 13.1. The lowest BCUT2D eigenvalue weighted by molar-refractivity contribution is 0.753. The Morgan fingerprint density at radius 1 is 1.14 bits per heavy atom. The molecule has 1 heterocycles. The minimum Gasteiger partial charge on any atom is -0.317 e. The van der Waals surface area contributed by atoms with Crippen molar-refractivity contribution < 1.29 is 0 Å². The number of halogens is 1. The summed E-state index contributed by atoms with van der Waals surface area (Å²) in [6.45, 7) is 2.36. The number of nitrogens with zero attached hydrogens (tertiary/aromatic N) is 2. The van der Waals surface area contributed by atoms with Gasteiger partial charge in [-0.1, -0.05) is 46.3 Å². The van der Waals surface area contributed by atoms with Crippen molar-refractivity contribution >= 4 is 26.8 Å². The summed E-state index contributed by atoms with van der Waals surface area (Å²) in [6, 6.07) is 15.3. The molecule has 4 nitrogen and oxygen atoms in total. The smallest absolute Gasteiger partial charge is 0.279 e. The topological polar surface area (TPSA) is 46.9 Å². The van der Waals surface area contributed by atoms with Gasteiger partial charge in [0.2, 0.25) is 0 Å². The van der Waals surface area contributed by atoms with Crippen molar-refractivity contribution in [1.82, 2.24) is 9.66 Å². The van der Waals surface area contributed by atoms with Crippen molar-refractivity contribution in [3.63, 3.8) is 0 Å². The Morgan fingerprint density at radius 3 is 2.67 bits per heavy atom. The molecule has 0 saturated carbocycles. The van der Waals surface area contributed by atoms with Gasteiger partial charge in [-0.15, -0.1) is 0 Å². The summed E-state index contributed by atoms with van der Waals surface area (Å²) >= 11 is 3.50. The van der Waals surface area contributed by atoms with Gasteiger partial charge >= 0.3 is 0 Å². The highest BCUT2D eigenvalue weighted by Crippen LogP contribution is 2.15. The molecule has 1 aromatic heterocycles. The molecule has 0 atom stereocenters. The zero-order chi connectivity index (χ0) is 14.8. The van der Waals surface area contributed by atoms with E-state index in [-0.39, 0.29) is 5.56 Å². The summed E-state index contributed by atoms with van der Waals surface area (Å²) in [5.41, 5.74) is 4.87. The van der Waals surface area contributed by atoms with Crippen LogP contribution in [0, 0.1) is 6.92 Å². The van der Waals surface area contributed by atoms with E-state index in [9.17, 15) is 4.79 Å². The third kappa shape index (κ3) is 2.69. The van der Waals surface area contributed by atoms with Crippen molar-refractivity contribution in [1.29, 1.82) is 0 Å². The van der Waals surface area contributed by atoms with Crippen LogP contribution in [-0.2, 0) is 6.54 Å². The van der Waals surface area contributed by atoms with E-state index >= 15 is 0 Å². The fourth-order valence-electron chi connectivity index (χ4n) is 2.24. The summed E-state index contributed by atoms with van der Waals surface area (Å²) in [4.78, 5) is 17.0. The molecule has 21 heavy (non-hydrogen) atoms. The van der Waals surface area contributed by atoms with E-state index in [1.807, 2.05) is 49.4 Å². The molecule has 0 aliphatic rings. The van der Waals surface area contributed by atoms with Gasteiger partial charge in [0.15, 0.2) is 0 Å². The molecule has 1 N–H and O–H groups in total. The van der Waals surface area contributed by atoms with Crippen LogP contribution < -0.4 is 11.0 Å². The normalized spacial score (nSPS) is 10.8. The first-order valence-corrected chi connectivity index (χ1v) is 7.42. The molecule has 3 aromatic rings. The molecule has 5 heteroatoms. The van der Waals surface area contributed by atoms with Gasteiger partial charge in [-0.2, -0.15) is 0 Å². The fraction of sp³-hybridized carbons (Fsp3) is 0.125. The summed E-state index contributed by atoms with van der Waals surface area (Å²) in [5.74, 6) is 0.644. The second kappa shape index (κ2) is 5.69. The van der Waals surface area contributed by atoms with Crippen molar-refractivity contribution in [2.24, 2.45) is 0 Å². The second-order valence-corrected chi connectivity index (χ2v) is 5.60. The van der Waals surface area contributed by atoms with Crippen LogP contribution in [0.5, 0.6) is 0 Å². The Kier molecular flexibility index (Phi) is 3.75. The summed E-state index contributed by atoms with van der Waals surface area (Å²) in [7, 11) is 0. The summed E-state index contributed by atoms with van der Waals surface area (Å²) in [6.07, 6.45) is 0. The molecular formula is C16H14BrN3O. The zero-order valence-electron chi connectivity index (χ0n) is 11.5. The highest BCUT2D eigenvalue weighted by molar-refractivity contribution is 9.10. The molecule has 3 rings (SSSR count). The van der Waals surface area contributed by atoms with Gasteiger partial charge in [-0.05, 0) is 30.7 Å². The van der Waals surface area contributed by atoms with Crippen LogP contribution in [0.1, 0.15) is 11.4 Å². The third-order valence-electron chi connectivity index (χ3n) is 3.33. The van der Waals surface area contributed by atoms with Gasteiger partial charge in [0, 0.05) is 4.47 Å². The first kappa shape index (κ1) is 13.8. The van der Waals surface area contributed by atoms with Crippen LogP contribution in [0.15, 0.2) is 57.8 Å². The lowest BCUT2D eigenvalue weighted by Gasteiger charge is -2.13. The number of aryl methyl sites for hydroxylation is 1. The molecule has 0 fully saturated rings. The predicted molar refractivity (Wildman–Crippen MR) is 87.9 cm³/mol. The van der Waals surface area contributed by atoms with Crippen LogP contribution in [0.3, 0.4) is 0 Å². The molecule has 0 unspecified atom stereocenters. The maximum Gasteiger partial charge on any atom is 0.279 e. The number of nitrogens with one attached hydrogen (secondary N) is 1. The lowest BCUT2D eigenvalue weighted by atomic mass is 10.2. The van der Waals surface area contributed by atoms with E-state index in [0.717, 1.165) is 15.6 Å². The molecule has 0 radical (unpaired) electrons. The number of aromatic nitrogens is 2. The average molecular weight is 344 g/mol. The Morgan fingerprint density at radius 2 is 1.86 bits per heavy atom. The lowest BCUT2D eigenvalue weighted by Crippen LogP contribution is -2.31. The quantitative estimate of drug-likeness (QED) is 0.794. The van der Waals surface area contributed by atoms with Crippen LogP contribution >= 0.6 is 15.9 Å². The molecule has 0 aliphatic carbocycles. The second-order valence-electron chi connectivity index (χ2n) is 4.74. The SMILES string of the molecule is Cc1nc2ccccc2c(=O)n1NCc1ccccc1Br. The van der Waals surface area contributed by atoms with E-state index in [4.69, 9.17) is 0 Å². The molecule has 0 spiro atoms. The van der Waals surface area contributed by atoms with Crippen molar-refractivity contribution in [3.8, 4) is 0 Å². The maximum absolute atomic E-state index is 12.5. The first-order valence-electron chi connectivity index (χ1n) is 6.62. The van der Waals surface area contributed by atoms with Crippen LogP contribution in [0.25, 0.3) is 10.9 Å². The number of rotatable bonds is 3. The van der Waals surface area contributed by atoms with Crippen LogP contribution in [0.4, 0.5) is 0 Å². The van der Waals surface area contributed by atoms with Gasteiger partial charge in [0.1, 0.15) is 5.82 Å². The highest BCUT2D eigenvalue weighted by atomic mass is 79.9. The Balaban J connectivity index is 1.98. The van der Waals surface area contributed by atoms with Crippen LogP contribution in [-0.4, -0.2) is 9.66 Å². The molecule has 0 saturated heterocycles. The van der Waals surface area contributed by atoms with E-state index in [2.05, 4.69) is 26.3 Å². The molecule has 106 valence electrons. The van der Waals surface area contributed by atoms with E-state index in [1.54, 1.807) is 6.07 Å². The Hall–Kier alpha value is -2.14. The van der Waals surface area contributed by atoms with Gasteiger partial charge in [0.05, 0.1) is 17.4 Å². The van der Waals surface area contributed by atoms with Gasteiger partial charge < -0.3 is 5.43 Å². The minimum atomic E-state index is -0.0786. The highest BCUT2D eigenvalue weighted by Gasteiger charge is 2.07. The predicted octanol–water partition coefficient (Wildman–Crippen LogP) is 3.21. The van der Waals surface area contributed by atoms with E-state index in [1.165, 1.54) is 4.68 Å². The van der Waals surface area contributed by atoms with Crippen molar-refractivity contribution in [2.75, 3.05) is 5.43 Å². The summed E-state index contributed by atoms with van der Waals surface area (Å²) in [5, 5.41) is 0.614. The number of hydrogen-bond donors (Lipinski definition) is 1.